The molecule has 0 saturated carbocycles. The van der Waals surface area contributed by atoms with Gasteiger partial charge in [-0.05, 0) is 12.0 Å². The van der Waals surface area contributed by atoms with E-state index in [1.807, 2.05) is 0 Å². The molecule has 0 saturated heterocycles. The highest BCUT2D eigenvalue weighted by molar-refractivity contribution is 5.20. The zero-order valence-electron chi connectivity index (χ0n) is 11.5. The number of nitrogens with zero attached hydrogens (tertiary/aromatic N) is 1. The number of nitrogens with one attached hydrogen (secondary N) is 1. The van der Waals surface area contributed by atoms with Gasteiger partial charge in [-0.1, -0.05) is 56.3 Å². The highest BCUT2D eigenvalue weighted by atomic mass is 15.2. The Morgan fingerprint density at radius 2 is 1.94 bits per heavy atom. The Balaban J connectivity index is 2.09. The Hall–Kier alpha value is -1.12. The van der Waals surface area contributed by atoms with Gasteiger partial charge in [0.2, 0.25) is 0 Å². The van der Waals surface area contributed by atoms with Crippen molar-refractivity contribution in [1.29, 1.82) is 0 Å². The summed E-state index contributed by atoms with van der Waals surface area (Å²) in [6.45, 7) is 7.67. The van der Waals surface area contributed by atoms with Crippen LogP contribution >= 0.6 is 0 Å². The van der Waals surface area contributed by atoms with Gasteiger partial charge in [0.15, 0.2) is 0 Å². The molecule has 0 bridgehead atoms. The van der Waals surface area contributed by atoms with Gasteiger partial charge in [-0.2, -0.15) is 0 Å². The van der Waals surface area contributed by atoms with Gasteiger partial charge in [0, 0.05) is 31.7 Å². The normalized spacial score (nSPS) is 18.2. The van der Waals surface area contributed by atoms with Crippen LogP contribution in [0, 0.1) is 0 Å². The summed E-state index contributed by atoms with van der Waals surface area (Å²) in [5.74, 6) is 0. The Labute approximate surface area is 111 Å². The van der Waals surface area contributed by atoms with Gasteiger partial charge in [0.05, 0.1) is 0 Å². The predicted octanol–water partition coefficient (Wildman–Crippen LogP) is 2.99. The van der Waals surface area contributed by atoms with Gasteiger partial charge in [0.1, 0.15) is 0 Å². The molecule has 2 rings (SSSR count). The highest BCUT2D eigenvalue weighted by Crippen LogP contribution is 2.22. The van der Waals surface area contributed by atoms with Crippen LogP contribution in [-0.4, -0.2) is 30.6 Å². The van der Waals surface area contributed by atoms with E-state index in [0.717, 1.165) is 19.6 Å². The summed E-state index contributed by atoms with van der Waals surface area (Å²) < 4.78 is 0. The maximum Gasteiger partial charge on any atom is 0.0476 e. The predicted molar refractivity (Wildman–Crippen MR) is 77.7 cm³/mol. The zero-order valence-corrected chi connectivity index (χ0v) is 11.5. The van der Waals surface area contributed by atoms with E-state index in [9.17, 15) is 0 Å². The van der Waals surface area contributed by atoms with Crippen molar-refractivity contribution < 1.29 is 0 Å². The molecule has 98 valence electrons. The summed E-state index contributed by atoms with van der Waals surface area (Å²) in [6.07, 6.45) is 5.74. The molecule has 18 heavy (non-hydrogen) atoms. The Morgan fingerprint density at radius 1 is 1.17 bits per heavy atom. The monoisotopic (exact) mass is 244 g/mol. The maximum atomic E-state index is 3.58. The molecule has 1 heterocycles. The molecule has 0 aliphatic carbocycles. The van der Waals surface area contributed by atoms with Crippen LogP contribution in [0.25, 0.3) is 0 Å². The molecule has 1 unspecified atom stereocenters. The molecule has 0 spiro atoms. The fourth-order valence-corrected chi connectivity index (χ4v) is 2.42. The SMILES string of the molecule is CC(C)NCC(c1ccccc1)N1CC=CCC1. The topological polar surface area (TPSA) is 15.3 Å². The van der Waals surface area contributed by atoms with Crippen molar-refractivity contribution in [3.8, 4) is 0 Å². The molecule has 2 heteroatoms. The van der Waals surface area contributed by atoms with Gasteiger partial charge in [-0.25, -0.2) is 0 Å². The van der Waals surface area contributed by atoms with E-state index in [2.05, 4.69) is 66.5 Å². The van der Waals surface area contributed by atoms with Crippen molar-refractivity contribution in [2.75, 3.05) is 19.6 Å². The first-order valence-electron chi connectivity index (χ1n) is 6.95. The third kappa shape index (κ3) is 3.69. The van der Waals surface area contributed by atoms with Crippen molar-refractivity contribution in [3.63, 3.8) is 0 Å². The van der Waals surface area contributed by atoms with E-state index in [-0.39, 0.29) is 0 Å². The van der Waals surface area contributed by atoms with Gasteiger partial charge in [-0.3, -0.25) is 4.90 Å². The van der Waals surface area contributed by atoms with Crippen molar-refractivity contribution >= 4 is 0 Å². The van der Waals surface area contributed by atoms with Crippen LogP contribution in [0.5, 0.6) is 0 Å². The second kappa shape index (κ2) is 6.72. The number of benzene rings is 1. The molecule has 2 nitrogen and oxygen atoms in total. The average Bonchev–Trinajstić information content (AvgIpc) is 2.41. The van der Waals surface area contributed by atoms with Gasteiger partial charge >= 0.3 is 0 Å². The van der Waals surface area contributed by atoms with Crippen LogP contribution < -0.4 is 5.32 Å². The average molecular weight is 244 g/mol. The first kappa shape index (κ1) is 13.3. The minimum atomic E-state index is 0.485. The Bertz CT molecular complexity index is 370. The van der Waals surface area contributed by atoms with Crippen LogP contribution in [0.3, 0.4) is 0 Å². The lowest BCUT2D eigenvalue weighted by Crippen LogP contribution is -2.39. The molecule has 1 aliphatic heterocycles. The molecule has 0 amide bonds. The van der Waals surface area contributed by atoms with Gasteiger partial charge < -0.3 is 5.32 Å². The molecule has 0 fully saturated rings. The summed E-state index contributed by atoms with van der Waals surface area (Å²) in [7, 11) is 0. The quantitative estimate of drug-likeness (QED) is 0.801. The van der Waals surface area contributed by atoms with Crippen LogP contribution in [0.4, 0.5) is 0 Å². The molecule has 1 aromatic carbocycles. The first-order chi connectivity index (χ1) is 8.77. The first-order valence-corrected chi connectivity index (χ1v) is 6.95. The van der Waals surface area contributed by atoms with Crippen LogP contribution in [0.15, 0.2) is 42.5 Å². The smallest absolute Gasteiger partial charge is 0.0476 e. The Morgan fingerprint density at radius 3 is 2.56 bits per heavy atom. The van der Waals surface area contributed by atoms with Crippen LogP contribution in [0.2, 0.25) is 0 Å². The number of rotatable bonds is 5. The molecule has 1 N–H and O–H groups in total. The van der Waals surface area contributed by atoms with E-state index < -0.39 is 0 Å². The second-order valence-corrected chi connectivity index (χ2v) is 5.24. The van der Waals surface area contributed by atoms with E-state index >= 15 is 0 Å². The summed E-state index contributed by atoms with van der Waals surface area (Å²) in [5, 5.41) is 3.58. The molecule has 1 aromatic rings. The minimum Gasteiger partial charge on any atom is -0.313 e. The second-order valence-electron chi connectivity index (χ2n) is 5.24. The molecule has 0 radical (unpaired) electrons. The van der Waals surface area contributed by atoms with E-state index in [4.69, 9.17) is 0 Å². The number of hydrogen-bond donors (Lipinski definition) is 1. The standard InChI is InChI=1S/C16H24N2/c1-14(2)17-13-16(15-9-5-3-6-10-15)18-11-7-4-8-12-18/h3-7,9-10,14,16-17H,8,11-13H2,1-2H3. The van der Waals surface area contributed by atoms with E-state index in [1.165, 1.54) is 12.0 Å². The summed E-state index contributed by atoms with van der Waals surface area (Å²) in [5.41, 5.74) is 1.42. The van der Waals surface area contributed by atoms with Crippen LogP contribution in [-0.2, 0) is 0 Å². The fourth-order valence-electron chi connectivity index (χ4n) is 2.42. The minimum absolute atomic E-state index is 0.485. The van der Waals surface area contributed by atoms with Crippen molar-refractivity contribution in [2.45, 2.75) is 32.4 Å². The van der Waals surface area contributed by atoms with Crippen LogP contribution in [0.1, 0.15) is 31.9 Å². The lowest BCUT2D eigenvalue weighted by atomic mass is 10.0. The summed E-state index contributed by atoms with van der Waals surface area (Å²) in [6, 6.07) is 11.9. The maximum absolute atomic E-state index is 3.58. The van der Waals surface area contributed by atoms with Gasteiger partial charge in [0.25, 0.3) is 0 Å². The van der Waals surface area contributed by atoms with Crippen molar-refractivity contribution in [2.24, 2.45) is 0 Å². The molecule has 0 aromatic heterocycles. The molecule has 1 aliphatic rings. The molecular weight excluding hydrogens is 220 g/mol. The van der Waals surface area contributed by atoms with E-state index in [0.29, 0.717) is 12.1 Å². The lowest BCUT2D eigenvalue weighted by molar-refractivity contribution is 0.207. The van der Waals surface area contributed by atoms with Crippen molar-refractivity contribution in [1.82, 2.24) is 10.2 Å². The van der Waals surface area contributed by atoms with Gasteiger partial charge in [-0.15, -0.1) is 0 Å². The third-order valence-corrected chi connectivity index (χ3v) is 3.43. The van der Waals surface area contributed by atoms with E-state index in [1.54, 1.807) is 0 Å². The Kier molecular flexibility index (Phi) is 4.97. The number of hydrogen-bond acceptors (Lipinski definition) is 2. The zero-order chi connectivity index (χ0) is 12.8. The lowest BCUT2D eigenvalue weighted by Gasteiger charge is -2.33. The van der Waals surface area contributed by atoms with Crippen molar-refractivity contribution in [3.05, 3.63) is 48.0 Å². The largest absolute Gasteiger partial charge is 0.313 e. The summed E-state index contributed by atoms with van der Waals surface area (Å²) >= 11 is 0. The third-order valence-electron chi connectivity index (χ3n) is 3.43. The fraction of sp³-hybridized carbons (Fsp3) is 0.500. The molecular formula is C16H24N2. The highest BCUT2D eigenvalue weighted by Gasteiger charge is 2.20. The summed E-state index contributed by atoms with van der Waals surface area (Å²) in [4.78, 5) is 2.56. The molecule has 1 atom stereocenters.